The summed E-state index contributed by atoms with van der Waals surface area (Å²) in [5.74, 6) is -2.53. The number of amides is 1. The number of carbonyl (C=O) groups is 1. The Morgan fingerprint density at radius 2 is 1.79 bits per heavy atom. The molecule has 0 aliphatic rings. The van der Waals surface area contributed by atoms with Gasteiger partial charge in [0.05, 0.1) is 21.8 Å². The second-order valence-electron chi connectivity index (χ2n) is 6.37. The first-order valence-corrected chi connectivity index (χ1v) is 9.89. The molecule has 7 nitrogen and oxygen atoms in total. The van der Waals surface area contributed by atoms with Gasteiger partial charge in [0.2, 0.25) is 11.8 Å². The molecule has 1 amide bonds. The van der Waals surface area contributed by atoms with E-state index in [2.05, 4.69) is 15.2 Å². The van der Waals surface area contributed by atoms with E-state index in [1.165, 1.54) is 13.0 Å². The number of rotatable bonds is 5. The number of aryl methyl sites for hydroxylation is 2. The van der Waals surface area contributed by atoms with Crippen LogP contribution in [0.15, 0.2) is 45.8 Å². The van der Waals surface area contributed by atoms with Crippen LogP contribution in [-0.4, -0.2) is 19.5 Å². The standard InChI is InChI=1S/C19H17F2N3O4S/c1-10-4-5-13(18-11(2)23-28-19(18)22-12(3)25)8-17(10)29(26,27)24-14-6-7-15(20)16(21)9-14/h4-9,24H,1-3H3,(H,22,25). The lowest BCUT2D eigenvalue weighted by atomic mass is 10.0. The summed E-state index contributed by atoms with van der Waals surface area (Å²) in [6.07, 6.45) is 0. The second-order valence-corrected chi connectivity index (χ2v) is 8.02. The lowest BCUT2D eigenvalue weighted by molar-refractivity contribution is -0.114. The van der Waals surface area contributed by atoms with Crippen LogP contribution in [-0.2, 0) is 14.8 Å². The molecule has 0 spiro atoms. The Morgan fingerprint density at radius 1 is 1.07 bits per heavy atom. The first kappa shape index (κ1) is 20.5. The summed E-state index contributed by atoms with van der Waals surface area (Å²) in [5.41, 5.74) is 1.65. The highest BCUT2D eigenvalue weighted by Gasteiger charge is 2.22. The fourth-order valence-corrected chi connectivity index (χ4v) is 4.09. The van der Waals surface area contributed by atoms with E-state index in [-0.39, 0.29) is 22.4 Å². The van der Waals surface area contributed by atoms with Crippen molar-refractivity contribution in [3.8, 4) is 11.1 Å². The lowest BCUT2D eigenvalue weighted by Gasteiger charge is -2.12. The molecule has 0 bridgehead atoms. The minimum absolute atomic E-state index is 0.0749. The number of aromatic nitrogens is 1. The van der Waals surface area contributed by atoms with Gasteiger partial charge in [0.15, 0.2) is 11.6 Å². The summed E-state index contributed by atoms with van der Waals surface area (Å²) in [5, 5.41) is 6.32. The van der Waals surface area contributed by atoms with Gasteiger partial charge in [0, 0.05) is 13.0 Å². The SMILES string of the molecule is CC(=O)Nc1onc(C)c1-c1ccc(C)c(S(=O)(=O)Nc2ccc(F)c(F)c2)c1. The van der Waals surface area contributed by atoms with Crippen molar-refractivity contribution in [1.82, 2.24) is 5.16 Å². The Bertz CT molecular complexity index is 1210. The predicted octanol–water partition coefficient (Wildman–Crippen LogP) is 4.00. The molecule has 0 saturated heterocycles. The molecule has 0 unspecified atom stereocenters. The van der Waals surface area contributed by atoms with E-state index in [9.17, 15) is 22.0 Å². The largest absolute Gasteiger partial charge is 0.337 e. The van der Waals surface area contributed by atoms with Crippen LogP contribution in [0, 0.1) is 25.5 Å². The van der Waals surface area contributed by atoms with Crippen LogP contribution in [0.5, 0.6) is 0 Å². The molecular weight excluding hydrogens is 404 g/mol. The van der Waals surface area contributed by atoms with Gasteiger partial charge in [-0.05, 0) is 43.2 Å². The van der Waals surface area contributed by atoms with Crippen molar-refractivity contribution in [2.75, 3.05) is 10.0 Å². The minimum atomic E-state index is -4.11. The minimum Gasteiger partial charge on any atom is -0.337 e. The topological polar surface area (TPSA) is 101 Å². The highest BCUT2D eigenvalue weighted by molar-refractivity contribution is 7.92. The maximum absolute atomic E-state index is 13.4. The third-order valence-corrected chi connectivity index (χ3v) is 5.61. The zero-order chi connectivity index (χ0) is 21.3. The number of hydrogen-bond acceptors (Lipinski definition) is 5. The monoisotopic (exact) mass is 421 g/mol. The normalized spacial score (nSPS) is 11.3. The van der Waals surface area contributed by atoms with Gasteiger partial charge in [0.1, 0.15) is 0 Å². The van der Waals surface area contributed by atoms with Crippen molar-refractivity contribution in [3.63, 3.8) is 0 Å². The number of nitrogens with zero attached hydrogens (tertiary/aromatic N) is 1. The third kappa shape index (κ3) is 4.27. The van der Waals surface area contributed by atoms with Crippen LogP contribution < -0.4 is 10.0 Å². The van der Waals surface area contributed by atoms with Gasteiger partial charge in [-0.15, -0.1) is 0 Å². The highest BCUT2D eigenvalue weighted by Crippen LogP contribution is 2.34. The van der Waals surface area contributed by atoms with E-state index in [1.54, 1.807) is 26.0 Å². The number of halogens is 2. The Balaban J connectivity index is 2.04. The molecule has 3 rings (SSSR count). The van der Waals surface area contributed by atoms with E-state index in [4.69, 9.17) is 4.52 Å². The lowest BCUT2D eigenvalue weighted by Crippen LogP contribution is -2.14. The van der Waals surface area contributed by atoms with Crippen molar-refractivity contribution in [2.24, 2.45) is 0 Å². The fourth-order valence-electron chi connectivity index (χ4n) is 2.77. The molecule has 2 aromatic carbocycles. The molecule has 0 fully saturated rings. The number of benzene rings is 2. The molecule has 0 aliphatic heterocycles. The number of hydrogen-bond donors (Lipinski definition) is 2. The van der Waals surface area contributed by atoms with Crippen LogP contribution in [0.1, 0.15) is 18.2 Å². The number of sulfonamides is 1. The zero-order valence-corrected chi connectivity index (χ0v) is 16.5. The third-order valence-electron chi connectivity index (χ3n) is 4.09. The predicted molar refractivity (Wildman–Crippen MR) is 103 cm³/mol. The summed E-state index contributed by atoms with van der Waals surface area (Å²) in [6.45, 7) is 4.55. The Hall–Kier alpha value is -3.27. The molecule has 0 atom stereocenters. The van der Waals surface area contributed by atoms with Crippen molar-refractivity contribution in [3.05, 3.63) is 59.3 Å². The zero-order valence-electron chi connectivity index (χ0n) is 15.7. The Morgan fingerprint density at radius 3 is 2.45 bits per heavy atom. The summed E-state index contributed by atoms with van der Waals surface area (Å²) >= 11 is 0. The van der Waals surface area contributed by atoms with Crippen LogP contribution in [0.4, 0.5) is 20.4 Å². The average Bonchev–Trinajstić information content (AvgIpc) is 2.98. The van der Waals surface area contributed by atoms with E-state index in [0.717, 1.165) is 18.2 Å². The first-order valence-electron chi connectivity index (χ1n) is 8.41. The van der Waals surface area contributed by atoms with Crippen LogP contribution in [0.25, 0.3) is 11.1 Å². The van der Waals surface area contributed by atoms with E-state index < -0.39 is 21.7 Å². The van der Waals surface area contributed by atoms with Gasteiger partial charge >= 0.3 is 0 Å². The number of carbonyl (C=O) groups excluding carboxylic acids is 1. The smallest absolute Gasteiger partial charge is 0.262 e. The van der Waals surface area contributed by atoms with Crippen molar-refractivity contribution < 1.29 is 26.5 Å². The Labute approximate surface area is 165 Å². The van der Waals surface area contributed by atoms with Crippen LogP contribution in [0.2, 0.25) is 0 Å². The molecule has 1 aromatic heterocycles. The van der Waals surface area contributed by atoms with Gasteiger partial charge in [-0.3, -0.25) is 14.8 Å². The van der Waals surface area contributed by atoms with Crippen molar-refractivity contribution in [2.45, 2.75) is 25.7 Å². The molecule has 0 aliphatic carbocycles. The summed E-state index contributed by atoms with van der Waals surface area (Å²) < 4.78 is 59.6. The maximum Gasteiger partial charge on any atom is 0.262 e. The molecule has 3 aromatic rings. The maximum atomic E-state index is 13.4. The van der Waals surface area contributed by atoms with E-state index >= 15 is 0 Å². The summed E-state index contributed by atoms with van der Waals surface area (Å²) in [6, 6.07) is 7.34. The number of anilines is 2. The summed E-state index contributed by atoms with van der Waals surface area (Å²) in [4.78, 5) is 11.3. The van der Waals surface area contributed by atoms with Gasteiger partial charge in [-0.25, -0.2) is 17.2 Å². The Kier molecular flexibility index (Phi) is 5.38. The summed E-state index contributed by atoms with van der Waals surface area (Å²) in [7, 11) is -4.11. The van der Waals surface area contributed by atoms with Gasteiger partial charge in [-0.2, -0.15) is 0 Å². The average molecular weight is 421 g/mol. The fraction of sp³-hybridized carbons (Fsp3) is 0.158. The molecule has 1 heterocycles. The van der Waals surface area contributed by atoms with E-state index in [0.29, 0.717) is 22.4 Å². The molecule has 10 heteroatoms. The molecule has 0 saturated carbocycles. The van der Waals surface area contributed by atoms with Crippen LogP contribution >= 0.6 is 0 Å². The van der Waals surface area contributed by atoms with Gasteiger partial charge < -0.3 is 4.52 Å². The van der Waals surface area contributed by atoms with E-state index in [1.807, 2.05) is 0 Å². The quantitative estimate of drug-likeness (QED) is 0.649. The van der Waals surface area contributed by atoms with Crippen molar-refractivity contribution in [1.29, 1.82) is 0 Å². The molecule has 152 valence electrons. The van der Waals surface area contributed by atoms with Gasteiger partial charge in [0.25, 0.3) is 10.0 Å². The number of nitrogens with one attached hydrogen (secondary N) is 2. The first-order chi connectivity index (χ1) is 13.6. The highest BCUT2D eigenvalue weighted by atomic mass is 32.2. The van der Waals surface area contributed by atoms with Crippen LogP contribution in [0.3, 0.4) is 0 Å². The second kappa shape index (κ2) is 7.63. The molecule has 29 heavy (non-hydrogen) atoms. The molecule has 2 N–H and O–H groups in total. The van der Waals surface area contributed by atoms with Gasteiger partial charge in [-0.1, -0.05) is 17.3 Å². The molecule has 0 radical (unpaired) electrons. The molecular formula is C19H17F2N3O4S. The van der Waals surface area contributed by atoms with Crippen molar-refractivity contribution >= 4 is 27.5 Å².